The van der Waals surface area contributed by atoms with Crippen molar-refractivity contribution in [3.8, 4) is 17.0 Å². The predicted octanol–water partition coefficient (Wildman–Crippen LogP) is 3.52. The lowest BCUT2D eigenvalue weighted by molar-refractivity contribution is 0.471. The molecule has 1 aromatic heterocycles. The molecule has 20 heavy (non-hydrogen) atoms. The van der Waals surface area contributed by atoms with Crippen molar-refractivity contribution in [1.29, 1.82) is 0 Å². The number of aryl methyl sites for hydroxylation is 2. The molecular formula is C17H15NO2. The molecule has 100 valence electrons. The first-order valence-corrected chi connectivity index (χ1v) is 6.49. The van der Waals surface area contributed by atoms with Gasteiger partial charge in [-0.25, -0.2) is 0 Å². The molecule has 0 fully saturated rings. The van der Waals surface area contributed by atoms with Gasteiger partial charge in [0.25, 0.3) is 0 Å². The van der Waals surface area contributed by atoms with Crippen LogP contribution in [0.15, 0.2) is 47.3 Å². The van der Waals surface area contributed by atoms with Gasteiger partial charge in [0.05, 0.1) is 11.2 Å². The number of aromatic nitrogens is 1. The fraction of sp³-hybridized carbons (Fsp3) is 0.118. The molecule has 0 saturated carbocycles. The van der Waals surface area contributed by atoms with Gasteiger partial charge in [-0.15, -0.1) is 0 Å². The maximum atomic E-state index is 12.2. The zero-order valence-corrected chi connectivity index (χ0v) is 11.4. The monoisotopic (exact) mass is 265 g/mol. The molecule has 3 aromatic rings. The van der Waals surface area contributed by atoms with Crippen LogP contribution < -0.4 is 5.43 Å². The van der Waals surface area contributed by atoms with Crippen molar-refractivity contribution < 1.29 is 5.11 Å². The van der Waals surface area contributed by atoms with Crippen molar-refractivity contribution in [3.05, 3.63) is 63.8 Å². The summed E-state index contributed by atoms with van der Waals surface area (Å²) in [5.41, 5.74) is 3.86. The van der Waals surface area contributed by atoms with Crippen LogP contribution in [0, 0.1) is 13.8 Å². The second-order valence-electron chi connectivity index (χ2n) is 5.09. The molecule has 0 unspecified atom stereocenters. The van der Waals surface area contributed by atoms with E-state index in [1.807, 2.05) is 50.2 Å². The molecule has 0 amide bonds. The van der Waals surface area contributed by atoms with E-state index >= 15 is 0 Å². The molecule has 2 N–H and O–H groups in total. The summed E-state index contributed by atoms with van der Waals surface area (Å²) in [6, 6.07) is 13.2. The number of pyridine rings is 1. The molecule has 0 aliphatic heterocycles. The first kappa shape index (κ1) is 12.5. The molecule has 0 atom stereocenters. The van der Waals surface area contributed by atoms with Crippen molar-refractivity contribution in [2.45, 2.75) is 13.8 Å². The highest BCUT2D eigenvalue weighted by atomic mass is 16.3. The van der Waals surface area contributed by atoms with Gasteiger partial charge in [0.1, 0.15) is 0 Å². The van der Waals surface area contributed by atoms with Crippen LogP contribution in [0.1, 0.15) is 11.1 Å². The van der Waals surface area contributed by atoms with E-state index in [-0.39, 0.29) is 11.2 Å². The van der Waals surface area contributed by atoms with Crippen LogP contribution in [0.2, 0.25) is 0 Å². The molecular weight excluding hydrogens is 250 g/mol. The van der Waals surface area contributed by atoms with Gasteiger partial charge >= 0.3 is 0 Å². The summed E-state index contributed by atoms with van der Waals surface area (Å²) in [7, 11) is 0. The third-order valence-electron chi connectivity index (χ3n) is 3.47. The SMILES string of the molecule is Cc1ccc(-c2[nH]c3cc(C)ccc3c(=O)c2O)cc1. The number of benzene rings is 2. The van der Waals surface area contributed by atoms with E-state index in [2.05, 4.69) is 4.98 Å². The van der Waals surface area contributed by atoms with E-state index < -0.39 is 0 Å². The standard InChI is InChI=1S/C17H15NO2/c1-10-3-6-12(7-4-10)15-17(20)16(19)13-8-5-11(2)9-14(13)18-15/h3-9,20H,1-2H3,(H,18,19). The van der Waals surface area contributed by atoms with Crippen LogP contribution in [0.25, 0.3) is 22.2 Å². The lowest BCUT2D eigenvalue weighted by Gasteiger charge is -2.08. The number of hydrogen-bond donors (Lipinski definition) is 2. The summed E-state index contributed by atoms with van der Waals surface area (Å²) in [6.45, 7) is 3.96. The van der Waals surface area contributed by atoms with Gasteiger partial charge in [-0.1, -0.05) is 35.9 Å². The Bertz CT molecular complexity index is 845. The van der Waals surface area contributed by atoms with Crippen molar-refractivity contribution in [1.82, 2.24) is 4.98 Å². The minimum Gasteiger partial charge on any atom is -0.503 e. The van der Waals surface area contributed by atoms with Crippen LogP contribution in [-0.2, 0) is 0 Å². The molecule has 0 bridgehead atoms. The molecule has 3 rings (SSSR count). The topological polar surface area (TPSA) is 53.1 Å². The Balaban J connectivity index is 2.33. The van der Waals surface area contributed by atoms with E-state index in [0.29, 0.717) is 11.1 Å². The maximum Gasteiger partial charge on any atom is 0.231 e. The Morgan fingerprint density at radius 1 is 0.950 bits per heavy atom. The first-order chi connectivity index (χ1) is 9.56. The summed E-state index contributed by atoms with van der Waals surface area (Å²) in [6.07, 6.45) is 0. The summed E-state index contributed by atoms with van der Waals surface area (Å²) >= 11 is 0. The number of hydrogen-bond acceptors (Lipinski definition) is 2. The average molecular weight is 265 g/mol. The Kier molecular flexibility index (Phi) is 2.83. The van der Waals surface area contributed by atoms with Gasteiger partial charge in [-0.2, -0.15) is 0 Å². The fourth-order valence-corrected chi connectivity index (χ4v) is 2.32. The zero-order chi connectivity index (χ0) is 14.3. The molecule has 0 aliphatic carbocycles. The smallest absolute Gasteiger partial charge is 0.231 e. The molecule has 3 nitrogen and oxygen atoms in total. The summed E-state index contributed by atoms with van der Waals surface area (Å²) < 4.78 is 0. The van der Waals surface area contributed by atoms with Gasteiger partial charge in [0.2, 0.25) is 5.43 Å². The zero-order valence-electron chi connectivity index (χ0n) is 11.4. The van der Waals surface area contributed by atoms with Crippen molar-refractivity contribution in [3.63, 3.8) is 0 Å². The quantitative estimate of drug-likeness (QED) is 0.707. The highest BCUT2D eigenvalue weighted by Gasteiger charge is 2.12. The lowest BCUT2D eigenvalue weighted by Crippen LogP contribution is -2.05. The Labute approximate surface area is 116 Å². The largest absolute Gasteiger partial charge is 0.503 e. The molecule has 0 saturated heterocycles. The predicted molar refractivity (Wildman–Crippen MR) is 81.1 cm³/mol. The van der Waals surface area contributed by atoms with Crippen LogP contribution in [0.3, 0.4) is 0 Å². The second kappa shape index (κ2) is 4.53. The van der Waals surface area contributed by atoms with Gasteiger partial charge < -0.3 is 10.1 Å². The lowest BCUT2D eigenvalue weighted by atomic mass is 10.1. The summed E-state index contributed by atoms with van der Waals surface area (Å²) in [4.78, 5) is 15.4. The van der Waals surface area contributed by atoms with Gasteiger partial charge in [0, 0.05) is 10.9 Å². The van der Waals surface area contributed by atoms with Gasteiger partial charge in [0.15, 0.2) is 5.75 Å². The minimum atomic E-state index is -0.339. The van der Waals surface area contributed by atoms with E-state index in [0.717, 1.165) is 22.2 Å². The number of H-pyrrole nitrogens is 1. The van der Waals surface area contributed by atoms with Crippen LogP contribution in [0.4, 0.5) is 0 Å². The molecule has 0 spiro atoms. The Morgan fingerprint density at radius 3 is 2.30 bits per heavy atom. The van der Waals surface area contributed by atoms with Gasteiger partial charge in [-0.3, -0.25) is 4.79 Å². The molecule has 1 heterocycles. The minimum absolute atomic E-state index is 0.231. The highest BCUT2D eigenvalue weighted by molar-refractivity contribution is 5.85. The van der Waals surface area contributed by atoms with Gasteiger partial charge in [-0.05, 0) is 31.5 Å². The number of aromatic hydroxyl groups is 1. The van der Waals surface area contributed by atoms with E-state index in [1.54, 1.807) is 6.07 Å². The number of nitrogens with one attached hydrogen (secondary N) is 1. The molecule has 2 aromatic carbocycles. The molecule has 0 aliphatic rings. The molecule has 3 heteroatoms. The maximum absolute atomic E-state index is 12.2. The van der Waals surface area contributed by atoms with Crippen molar-refractivity contribution >= 4 is 10.9 Å². The Hall–Kier alpha value is -2.55. The van der Waals surface area contributed by atoms with E-state index in [1.165, 1.54) is 0 Å². The Morgan fingerprint density at radius 2 is 1.60 bits per heavy atom. The third kappa shape index (κ3) is 1.97. The van der Waals surface area contributed by atoms with Crippen molar-refractivity contribution in [2.75, 3.05) is 0 Å². The van der Waals surface area contributed by atoms with Crippen LogP contribution >= 0.6 is 0 Å². The van der Waals surface area contributed by atoms with Crippen molar-refractivity contribution in [2.24, 2.45) is 0 Å². The third-order valence-corrected chi connectivity index (χ3v) is 3.47. The average Bonchev–Trinajstić information content (AvgIpc) is 2.44. The fourth-order valence-electron chi connectivity index (χ4n) is 2.32. The number of aromatic amines is 1. The second-order valence-corrected chi connectivity index (χ2v) is 5.09. The van der Waals surface area contributed by atoms with E-state index in [4.69, 9.17) is 0 Å². The summed E-state index contributed by atoms with van der Waals surface area (Å²) in [5, 5.41) is 10.6. The van der Waals surface area contributed by atoms with Crippen LogP contribution in [-0.4, -0.2) is 10.1 Å². The van der Waals surface area contributed by atoms with Crippen LogP contribution in [0.5, 0.6) is 5.75 Å². The first-order valence-electron chi connectivity index (χ1n) is 6.49. The van der Waals surface area contributed by atoms with E-state index in [9.17, 15) is 9.90 Å². The number of fused-ring (bicyclic) bond motifs is 1. The normalized spacial score (nSPS) is 10.9. The number of rotatable bonds is 1. The highest BCUT2D eigenvalue weighted by Crippen LogP contribution is 2.27. The molecule has 0 radical (unpaired) electrons. The summed E-state index contributed by atoms with van der Waals surface area (Å²) in [5.74, 6) is -0.231.